The molecule has 4 heterocycles. The number of carbonyl (C=O) groups is 1. The van der Waals surface area contributed by atoms with Crippen LogP contribution in [0.25, 0.3) is 22.6 Å². The highest BCUT2D eigenvalue weighted by atomic mass is 32.1. The van der Waals surface area contributed by atoms with Gasteiger partial charge in [-0.3, -0.25) is 9.89 Å². The zero-order valence-corrected chi connectivity index (χ0v) is 17.4. The van der Waals surface area contributed by atoms with Gasteiger partial charge in [-0.05, 0) is 60.5 Å². The number of hydrogen-bond acceptors (Lipinski definition) is 6. The number of hydrogen-bond donors (Lipinski definition) is 1. The van der Waals surface area contributed by atoms with Crippen molar-refractivity contribution in [1.82, 2.24) is 25.2 Å². The van der Waals surface area contributed by atoms with Crippen molar-refractivity contribution < 1.29 is 13.7 Å². The van der Waals surface area contributed by atoms with Gasteiger partial charge in [0.15, 0.2) is 0 Å². The lowest BCUT2D eigenvalue weighted by atomic mass is 9.94. The molecule has 1 atom stereocenters. The number of carbonyl (C=O) groups excluding carboxylic acids is 1. The number of likely N-dealkylation sites (tertiary alicyclic amines) is 1. The van der Waals surface area contributed by atoms with E-state index in [1.54, 1.807) is 29.5 Å². The second kappa shape index (κ2) is 8.43. The van der Waals surface area contributed by atoms with Gasteiger partial charge in [-0.25, -0.2) is 4.39 Å². The number of thiophene rings is 1. The van der Waals surface area contributed by atoms with Crippen molar-refractivity contribution >= 4 is 17.2 Å². The normalized spacial score (nSPS) is 16.5. The lowest BCUT2D eigenvalue weighted by molar-refractivity contribution is 0.0662. The fourth-order valence-corrected chi connectivity index (χ4v) is 4.51. The molecular weight excluding hydrogens is 417 g/mol. The number of amides is 1. The SMILES string of the molecule is O=C(c1cc(-c2ccc(F)cc2)n[nH]1)N1CCCC(Cc2nc(-c3ccsc3)no2)C1. The Morgan fingerprint density at radius 3 is 2.94 bits per heavy atom. The number of aromatic nitrogens is 4. The third kappa shape index (κ3) is 4.27. The van der Waals surface area contributed by atoms with E-state index in [-0.39, 0.29) is 17.6 Å². The maximum absolute atomic E-state index is 13.1. The first-order valence-corrected chi connectivity index (χ1v) is 11.1. The summed E-state index contributed by atoms with van der Waals surface area (Å²) < 4.78 is 18.6. The number of piperidine rings is 1. The molecule has 1 unspecified atom stereocenters. The van der Waals surface area contributed by atoms with Crippen molar-refractivity contribution in [2.75, 3.05) is 13.1 Å². The van der Waals surface area contributed by atoms with E-state index in [1.807, 2.05) is 21.7 Å². The third-order valence-electron chi connectivity index (χ3n) is 5.47. The van der Waals surface area contributed by atoms with Gasteiger partial charge in [0.25, 0.3) is 5.91 Å². The van der Waals surface area contributed by atoms with E-state index in [1.165, 1.54) is 12.1 Å². The molecule has 7 nitrogen and oxygen atoms in total. The fraction of sp³-hybridized carbons (Fsp3) is 0.273. The Balaban J connectivity index is 1.24. The molecule has 5 rings (SSSR count). The summed E-state index contributed by atoms with van der Waals surface area (Å²) in [7, 11) is 0. The van der Waals surface area contributed by atoms with Crippen molar-refractivity contribution in [2.45, 2.75) is 19.3 Å². The molecule has 1 amide bonds. The number of nitrogens with zero attached hydrogens (tertiary/aromatic N) is 4. The minimum absolute atomic E-state index is 0.0879. The molecule has 0 aliphatic carbocycles. The van der Waals surface area contributed by atoms with Crippen molar-refractivity contribution in [3.8, 4) is 22.6 Å². The molecule has 4 aromatic rings. The van der Waals surface area contributed by atoms with Gasteiger partial charge in [0.05, 0.1) is 5.69 Å². The van der Waals surface area contributed by atoms with Crippen LogP contribution in [-0.4, -0.2) is 44.2 Å². The van der Waals surface area contributed by atoms with Gasteiger partial charge >= 0.3 is 0 Å². The van der Waals surface area contributed by atoms with E-state index in [2.05, 4.69) is 20.3 Å². The highest BCUT2D eigenvalue weighted by molar-refractivity contribution is 7.08. The summed E-state index contributed by atoms with van der Waals surface area (Å²) in [6.07, 6.45) is 2.56. The average molecular weight is 438 g/mol. The summed E-state index contributed by atoms with van der Waals surface area (Å²) in [6.45, 7) is 1.32. The zero-order chi connectivity index (χ0) is 21.2. The van der Waals surface area contributed by atoms with Gasteiger partial charge in [-0.15, -0.1) is 0 Å². The maximum Gasteiger partial charge on any atom is 0.271 e. The summed E-state index contributed by atoms with van der Waals surface area (Å²) >= 11 is 1.59. The van der Waals surface area contributed by atoms with Crippen LogP contribution in [0.15, 0.2) is 51.7 Å². The summed E-state index contributed by atoms with van der Waals surface area (Å²) in [5, 5.41) is 15.1. The van der Waals surface area contributed by atoms with Crippen LogP contribution >= 0.6 is 11.3 Å². The second-order valence-corrected chi connectivity index (χ2v) is 8.44. The van der Waals surface area contributed by atoms with Crippen molar-refractivity contribution in [1.29, 1.82) is 0 Å². The monoisotopic (exact) mass is 437 g/mol. The number of rotatable bonds is 5. The van der Waals surface area contributed by atoms with Crippen molar-refractivity contribution in [3.63, 3.8) is 0 Å². The van der Waals surface area contributed by atoms with E-state index in [4.69, 9.17) is 4.52 Å². The number of nitrogens with one attached hydrogen (secondary N) is 1. The van der Waals surface area contributed by atoms with Gasteiger partial charge in [-0.1, -0.05) is 5.16 Å². The Morgan fingerprint density at radius 2 is 2.13 bits per heavy atom. The molecule has 0 spiro atoms. The Hall–Kier alpha value is -3.33. The van der Waals surface area contributed by atoms with Crippen molar-refractivity contribution in [2.24, 2.45) is 5.92 Å². The molecule has 158 valence electrons. The maximum atomic E-state index is 13.1. The van der Waals surface area contributed by atoms with E-state index in [9.17, 15) is 9.18 Å². The second-order valence-electron chi connectivity index (χ2n) is 7.66. The van der Waals surface area contributed by atoms with Crippen LogP contribution in [0.4, 0.5) is 4.39 Å². The topological polar surface area (TPSA) is 87.9 Å². The molecule has 9 heteroatoms. The van der Waals surface area contributed by atoms with Gasteiger partial charge in [0.2, 0.25) is 11.7 Å². The summed E-state index contributed by atoms with van der Waals surface area (Å²) in [4.78, 5) is 19.3. The van der Waals surface area contributed by atoms with Crippen LogP contribution in [0, 0.1) is 11.7 Å². The quantitative estimate of drug-likeness (QED) is 0.499. The minimum atomic E-state index is -0.307. The standard InChI is InChI=1S/C22H20FN5O2S/c23-17-5-3-15(4-6-17)18-11-19(26-25-18)22(29)28-8-1-2-14(12-28)10-20-24-21(27-30-20)16-7-9-31-13-16/h3-7,9,11,13-14H,1-2,8,10,12H2,(H,25,26). The molecule has 1 saturated heterocycles. The number of benzene rings is 1. The average Bonchev–Trinajstić information content (AvgIpc) is 3.55. The number of aromatic amines is 1. The Labute approximate surface area is 181 Å². The zero-order valence-electron chi connectivity index (χ0n) is 16.6. The third-order valence-corrected chi connectivity index (χ3v) is 6.15. The summed E-state index contributed by atoms with van der Waals surface area (Å²) in [5.74, 6) is 1.06. The first-order valence-electron chi connectivity index (χ1n) is 10.1. The molecule has 1 aliphatic rings. The van der Waals surface area contributed by atoms with Crippen LogP contribution in [-0.2, 0) is 6.42 Å². The smallest absolute Gasteiger partial charge is 0.271 e. The molecule has 3 aromatic heterocycles. The molecule has 0 saturated carbocycles. The Bertz CT molecular complexity index is 1170. The molecule has 1 aliphatic heterocycles. The predicted octanol–water partition coefficient (Wildman–Crippen LogP) is 4.42. The first-order chi connectivity index (χ1) is 15.2. The van der Waals surface area contributed by atoms with Gasteiger partial charge in [0.1, 0.15) is 11.5 Å². The highest BCUT2D eigenvalue weighted by Crippen LogP contribution is 2.25. The number of H-pyrrole nitrogens is 1. The molecular formula is C22H20FN5O2S. The fourth-order valence-electron chi connectivity index (χ4n) is 3.88. The van der Waals surface area contributed by atoms with E-state index in [0.717, 1.165) is 24.0 Å². The van der Waals surface area contributed by atoms with Crippen LogP contribution in [0.2, 0.25) is 0 Å². The minimum Gasteiger partial charge on any atom is -0.339 e. The van der Waals surface area contributed by atoms with Gasteiger partial charge in [-0.2, -0.15) is 21.4 Å². The summed E-state index contributed by atoms with van der Waals surface area (Å²) in [5.41, 5.74) is 2.75. The van der Waals surface area contributed by atoms with Crippen LogP contribution in [0.5, 0.6) is 0 Å². The van der Waals surface area contributed by atoms with Gasteiger partial charge in [0, 0.05) is 36.0 Å². The van der Waals surface area contributed by atoms with Crippen LogP contribution in [0.3, 0.4) is 0 Å². The summed E-state index contributed by atoms with van der Waals surface area (Å²) in [6, 6.07) is 9.72. The lowest BCUT2D eigenvalue weighted by Crippen LogP contribution is -2.40. The first kappa shape index (κ1) is 19.6. The van der Waals surface area contributed by atoms with Gasteiger partial charge < -0.3 is 9.42 Å². The molecule has 1 N–H and O–H groups in total. The highest BCUT2D eigenvalue weighted by Gasteiger charge is 2.27. The largest absolute Gasteiger partial charge is 0.339 e. The van der Waals surface area contributed by atoms with Crippen LogP contribution < -0.4 is 0 Å². The Kier molecular flexibility index (Phi) is 5.33. The number of halogens is 1. The molecule has 0 radical (unpaired) electrons. The van der Waals surface area contributed by atoms with E-state index >= 15 is 0 Å². The molecule has 1 fully saturated rings. The lowest BCUT2D eigenvalue weighted by Gasteiger charge is -2.31. The Morgan fingerprint density at radius 1 is 1.26 bits per heavy atom. The van der Waals surface area contributed by atoms with E-state index in [0.29, 0.717) is 42.6 Å². The van der Waals surface area contributed by atoms with Crippen molar-refractivity contribution in [3.05, 3.63) is 64.6 Å². The molecule has 1 aromatic carbocycles. The predicted molar refractivity (Wildman–Crippen MR) is 114 cm³/mol. The molecule has 0 bridgehead atoms. The van der Waals surface area contributed by atoms with Crippen LogP contribution in [0.1, 0.15) is 29.2 Å². The molecule has 31 heavy (non-hydrogen) atoms. The van der Waals surface area contributed by atoms with E-state index < -0.39 is 0 Å².